The Hall–Kier alpha value is 1.70. The Morgan fingerprint density at radius 2 is 1.60 bits per heavy atom. The Morgan fingerprint density at radius 1 is 1.60 bits per heavy atom. The van der Waals surface area contributed by atoms with Crippen molar-refractivity contribution in [3.63, 3.8) is 0 Å². The quantitative estimate of drug-likeness (QED) is 0.221. The number of rotatable bonds is 0. The summed E-state index contributed by atoms with van der Waals surface area (Å²) in [6.45, 7) is -0.500. The molecule has 0 unspecified atom stereocenters. The average molecular weight is 92.1 g/mol. The first-order valence-electron chi connectivity index (χ1n) is 0.471. The van der Waals surface area contributed by atoms with E-state index in [1.165, 1.54) is 0 Å². The van der Waals surface area contributed by atoms with Crippen LogP contribution in [-0.4, -0.2) is 25.3 Å². The molecule has 0 fully saturated rings. The molecule has 0 aromatic carbocycles. The zero-order valence-corrected chi connectivity index (χ0v) is 5.52. The monoisotopic (exact) mass is 92.0 g/mol. The van der Waals surface area contributed by atoms with Gasteiger partial charge in [0, 0.05) is 6.47 Å². The van der Waals surface area contributed by atoms with Crippen molar-refractivity contribution < 1.29 is 61.3 Å². The van der Waals surface area contributed by atoms with Crippen LogP contribution in [0.15, 0.2) is 0 Å². The summed E-state index contributed by atoms with van der Waals surface area (Å²) in [5, 5.41) is 8.25. The molecule has 0 aromatic rings. The van der Waals surface area contributed by atoms with Crippen molar-refractivity contribution in [3.05, 3.63) is 0 Å². The molecule has 0 saturated heterocycles. The minimum absolute atomic E-state index is 0. The van der Waals surface area contributed by atoms with E-state index in [-0.39, 0.29) is 70.2 Å². The van der Waals surface area contributed by atoms with Crippen LogP contribution >= 0.6 is 0 Å². The second-order valence-corrected chi connectivity index (χ2v) is 0.0962. The molecule has 5 heavy (non-hydrogen) atoms. The first-order valence-corrected chi connectivity index (χ1v) is 0.471. The van der Waals surface area contributed by atoms with Gasteiger partial charge < -0.3 is 9.90 Å². The maximum atomic E-state index is 8.25. The van der Waals surface area contributed by atoms with Crippen molar-refractivity contribution in [2.75, 3.05) is 0 Å². The number of hydrogen-bond donors (Lipinski definition) is 0. The Morgan fingerprint density at radius 3 is 1.60 bits per heavy atom. The first-order chi connectivity index (χ1) is 1.41. The van der Waals surface area contributed by atoms with Gasteiger partial charge in [0.15, 0.2) is 0 Å². The van der Waals surface area contributed by atoms with Crippen LogP contribution in [0, 0.1) is 0 Å². The van der Waals surface area contributed by atoms with Gasteiger partial charge in [-0.05, 0) is 0 Å². The van der Waals surface area contributed by atoms with Gasteiger partial charge in [-0.25, -0.2) is 0 Å². The molecule has 0 saturated carbocycles. The van der Waals surface area contributed by atoms with E-state index in [4.69, 9.17) is 9.90 Å². The molecule has 20 valence electrons. The zero-order chi connectivity index (χ0) is 2.71. The van der Waals surface area contributed by atoms with Gasteiger partial charge in [-0.3, -0.25) is 0 Å². The molecule has 0 aliphatic carbocycles. The van der Waals surface area contributed by atoms with Crippen molar-refractivity contribution in [1.82, 2.24) is 0 Å². The number of carbonyl (C=O) groups is 1. The summed E-state index contributed by atoms with van der Waals surface area (Å²) in [4.78, 5) is 8.25. The fourth-order valence-electron chi connectivity index (χ4n) is 0. The molecule has 0 spiro atoms. The van der Waals surface area contributed by atoms with Crippen LogP contribution in [0.25, 0.3) is 0 Å². The van der Waals surface area contributed by atoms with E-state index in [0.29, 0.717) is 0 Å². The molecule has 0 amide bonds. The van der Waals surface area contributed by atoms with Gasteiger partial charge in [0.25, 0.3) is 0 Å². The maximum absolute atomic E-state index is 8.25. The van der Waals surface area contributed by atoms with Crippen molar-refractivity contribution in [1.29, 1.82) is 0 Å². The molecule has 0 heterocycles. The standard InChI is InChI=1S/CH2O2.K.Li.H/c2-1-3;;;/h1H,(H,2,3);;;/q;+1;;/p-1. The van der Waals surface area contributed by atoms with Crippen LogP contribution in [0.2, 0.25) is 0 Å². The van der Waals surface area contributed by atoms with E-state index in [9.17, 15) is 0 Å². The van der Waals surface area contributed by atoms with Gasteiger partial charge >= 0.3 is 70.2 Å². The van der Waals surface area contributed by atoms with Crippen LogP contribution in [0.4, 0.5) is 0 Å². The Bertz CT molecular complexity index is 17.1. The summed E-state index contributed by atoms with van der Waals surface area (Å²) in [5.74, 6) is 0. The second-order valence-electron chi connectivity index (χ2n) is 0.0962. The van der Waals surface area contributed by atoms with Crippen molar-refractivity contribution in [2.45, 2.75) is 0 Å². The average Bonchev–Trinajstić information content (AvgIpc) is 0.918. The molecule has 0 atom stereocenters. The Labute approximate surface area is 84.9 Å². The van der Waals surface area contributed by atoms with E-state index >= 15 is 0 Å². The van der Waals surface area contributed by atoms with Crippen LogP contribution < -0.4 is 56.5 Å². The predicted octanol–water partition coefficient (Wildman–Crippen LogP) is -5.28. The van der Waals surface area contributed by atoms with Gasteiger partial charge in [0.1, 0.15) is 0 Å². The molecule has 4 heteroatoms. The van der Waals surface area contributed by atoms with Crippen molar-refractivity contribution >= 4 is 25.3 Å². The van der Waals surface area contributed by atoms with E-state index in [2.05, 4.69) is 0 Å². The van der Waals surface area contributed by atoms with E-state index in [0.717, 1.165) is 0 Å². The molecule has 0 bridgehead atoms. The molecule has 0 radical (unpaired) electrons. The summed E-state index contributed by atoms with van der Waals surface area (Å²) in [5.41, 5.74) is 0. The minimum atomic E-state index is -0.500. The molecule has 0 aliphatic rings. The zero-order valence-electron chi connectivity index (χ0n) is 2.39. The van der Waals surface area contributed by atoms with Crippen molar-refractivity contribution in [2.24, 2.45) is 0 Å². The molecular weight excluding hydrogens is 90.0 g/mol. The summed E-state index contributed by atoms with van der Waals surface area (Å²) in [6, 6.07) is 0. The third-order valence-corrected chi connectivity index (χ3v) is 0. The fraction of sp³-hybridized carbons (Fsp3) is 0. The normalized spacial score (nSPS) is 2.40. The molecule has 0 aliphatic heterocycles. The summed E-state index contributed by atoms with van der Waals surface area (Å²) in [7, 11) is 0. The predicted molar refractivity (Wildman–Crippen MR) is 13.2 cm³/mol. The topological polar surface area (TPSA) is 40.1 Å². The summed E-state index contributed by atoms with van der Waals surface area (Å²) < 4.78 is 0. The van der Waals surface area contributed by atoms with Crippen LogP contribution in [0.3, 0.4) is 0 Å². The van der Waals surface area contributed by atoms with Gasteiger partial charge in [-0.2, -0.15) is 0 Å². The number of hydrogen-bond acceptors (Lipinski definition) is 2. The van der Waals surface area contributed by atoms with Crippen LogP contribution in [-0.2, 0) is 4.79 Å². The van der Waals surface area contributed by atoms with Crippen LogP contribution in [0.5, 0.6) is 0 Å². The van der Waals surface area contributed by atoms with Gasteiger partial charge in [0.2, 0.25) is 0 Å². The van der Waals surface area contributed by atoms with Gasteiger partial charge in [0.05, 0.1) is 0 Å². The van der Waals surface area contributed by atoms with E-state index < -0.39 is 6.47 Å². The molecule has 0 N–H and O–H groups in total. The third-order valence-electron chi connectivity index (χ3n) is 0. The molecule has 2 nitrogen and oxygen atoms in total. The van der Waals surface area contributed by atoms with Crippen LogP contribution in [0.1, 0.15) is 0 Å². The fourth-order valence-corrected chi connectivity index (χ4v) is 0. The van der Waals surface area contributed by atoms with Crippen molar-refractivity contribution in [3.8, 4) is 0 Å². The van der Waals surface area contributed by atoms with E-state index in [1.807, 2.05) is 0 Å². The third kappa shape index (κ3) is 27.0. The number of carboxylic acid groups (broad SMARTS) is 1. The second kappa shape index (κ2) is 17.3. The van der Waals surface area contributed by atoms with E-state index in [1.54, 1.807) is 0 Å². The first kappa shape index (κ1) is 15.9. The Kier molecular flexibility index (Phi) is 54.9. The Balaban J connectivity index is -0.0000000200. The van der Waals surface area contributed by atoms with Gasteiger partial charge in [-0.1, -0.05) is 0 Å². The SMILES string of the molecule is O=C[O-].[K+].[LiH]. The molecule has 0 aromatic heterocycles. The summed E-state index contributed by atoms with van der Waals surface area (Å²) in [6.07, 6.45) is 0. The summed E-state index contributed by atoms with van der Waals surface area (Å²) >= 11 is 0. The molecular formula is CH2KLiO2. The number of carbonyl (C=O) groups excluding carboxylic acids is 1. The van der Waals surface area contributed by atoms with Gasteiger partial charge in [-0.15, -0.1) is 0 Å². The molecule has 0 rings (SSSR count).